The van der Waals surface area contributed by atoms with Crippen LogP contribution in [0.2, 0.25) is 0 Å². The van der Waals surface area contributed by atoms with Gasteiger partial charge in [0.15, 0.2) is 0 Å². The smallest absolute Gasteiger partial charge is 0.353 e. The molecule has 0 saturated heterocycles. The minimum absolute atomic E-state index is 0.0661. The third-order valence-electron chi connectivity index (χ3n) is 2.77. The summed E-state index contributed by atoms with van der Waals surface area (Å²) in [5.41, 5.74) is 0.714. The molecule has 0 heterocycles. The lowest BCUT2D eigenvalue weighted by atomic mass is 10.3. The molecular formula is C16H13ClN2O4. The van der Waals surface area contributed by atoms with E-state index in [4.69, 9.17) is 11.6 Å². The molecular weight excluding hydrogens is 320 g/mol. The Balaban J connectivity index is 2.23. The van der Waals surface area contributed by atoms with Crippen LogP contribution in [-0.4, -0.2) is 27.5 Å². The number of aromatic hydroxyl groups is 2. The number of rotatable bonds is 5. The van der Waals surface area contributed by atoms with Crippen molar-refractivity contribution in [2.75, 3.05) is 5.32 Å². The number of phenols is 2. The van der Waals surface area contributed by atoms with Crippen LogP contribution in [0.5, 0.6) is 11.5 Å². The van der Waals surface area contributed by atoms with Crippen LogP contribution in [0.4, 0.5) is 11.4 Å². The van der Waals surface area contributed by atoms with E-state index >= 15 is 0 Å². The predicted octanol–water partition coefficient (Wildman–Crippen LogP) is 3.45. The first kappa shape index (κ1) is 16.4. The van der Waals surface area contributed by atoms with Crippen molar-refractivity contribution in [3.8, 4) is 11.5 Å². The fourth-order valence-corrected chi connectivity index (χ4v) is 1.82. The van der Waals surface area contributed by atoms with Crippen LogP contribution < -0.4 is 5.32 Å². The number of aliphatic carboxylic acids is 1. The van der Waals surface area contributed by atoms with E-state index in [1.165, 1.54) is 42.6 Å². The number of allylic oxidation sites excluding steroid dienone is 1. The molecule has 0 aromatic heterocycles. The van der Waals surface area contributed by atoms with Crippen molar-refractivity contribution in [1.29, 1.82) is 0 Å². The predicted molar refractivity (Wildman–Crippen MR) is 88.5 cm³/mol. The standard InChI is InChI=1S/C16H13ClN2O4/c17-14(9-18-10-1-5-12(20)6-2-10)15(16(22)23)19-11-3-7-13(21)8-4-11/h1-9,19-21H,(H,22,23). The third-order valence-corrected chi connectivity index (χ3v) is 3.05. The van der Waals surface area contributed by atoms with Gasteiger partial charge in [0.2, 0.25) is 0 Å². The van der Waals surface area contributed by atoms with Crippen molar-refractivity contribution < 1.29 is 20.1 Å². The molecule has 0 bridgehead atoms. The molecule has 0 amide bonds. The van der Waals surface area contributed by atoms with E-state index < -0.39 is 5.97 Å². The zero-order valence-corrected chi connectivity index (χ0v) is 12.5. The number of carbonyl (C=O) groups is 1. The quantitative estimate of drug-likeness (QED) is 0.381. The van der Waals surface area contributed by atoms with E-state index in [-0.39, 0.29) is 22.2 Å². The second-order valence-corrected chi connectivity index (χ2v) is 4.88. The molecule has 0 aliphatic rings. The summed E-state index contributed by atoms with van der Waals surface area (Å²) >= 11 is 5.99. The summed E-state index contributed by atoms with van der Waals surface area (Å²) in [6, 6.07) is 11.9. The minimum Gasteiger partial charge on any atom is -0.508 e. The van der Waals surface area contributed by atoms with Crippen molar-refractivity contribution in [2.24, 2.45) is 4.99 Å². The SMILES string of the molecule is O=C(O)C(Nc1ccc(O)cc1)=C(Cl)C=Nc1ccc(O)cc1. The Bertz CT molecular complexity index is 753. The highest BCUT2D eigenvalue weighted by atomic mass is 35.5. The summed E-state index contributed by atoms with van der Waals surface area (Å²) in [6.07, 6.45) is 1.20. The molecule has 0 atom stereocenters. The van der Waals surface area contributed by atoms with Gasteiger partial charge < -0.3 is 20.6 Å². The van der Waals surface area contributed by atoms with E-state index in [1.807, 2.05) is 0 Å². The maximum atomic E-state index is 11.3. The molecule has 2 aromatic carbocycles. The molecule has 0 unspecified atom stereocenters. The van der Waals surface area contributed by atoms with Gasteiger partial charge in [-0.1, -0.05) is 11.6 Å². The fourth-order valence-electron chi connectivity index (χ4n) is 1.64. The van der Waals surface area contributed by atoms with Crippen molar-refractivity contribution in [2.45, 2.75) is 0 Å². The Kier molecular flexibility index (Phi) is 5.22. The number of nitrogens with one attached hydrogen (secondary N) is 1. The summed E-state index contributed by atoms with van der Waals surface area (Å²) in [5, 5.41) is 30.2. The van der Waals surface area contributed by atoms with Crippen LogP contribution in [0.1, 0.15) is 0 Å². The van der Waals surface area contributed by atoms with Gasteiger partial charge >= 0.3 is 5.97 Å². The van der Waals surface area contributed by atoms with Crippen molar-refractivity contribution >= 4 is 35.2 Å². The molecule has 2 rings (SSSR count). The topological polar surface area (TPSA) is 102 Å². The van der Waals surface area contributed by atoms with Gasteiger partial charge in [-0.3, -0.25) is 4.99 Å². The van der Waals surface area contributed by atoms with Crippen LogP contribution in [0.15, 0.2) is 64.3 Å². The number of aliphatic imine (C=N–C) groups is 1. The monoisotopic (exact) mass is 332 g/mol. The van der Waals surface area contributed by atoms with Crippen molar-refractivity contribution in [3.63, 3.8) is 0 Å². The summed E-state index contributed by atoms with van der Waals surface area (Å²) in [6.45, 7) is 0. The Hall–Kier alpha value is -2.99. The Labute approximate surface area is 137 Å². The first-order chi connectivity index (χ1) is 11.0. The number of nitrogens with zero attached hydrogens (tertiary/aromatic N) is 1. The number of hydrogen-bond acceptors (Lipinski definition) is 5. The number of hydrogen-bond donors (Lipinski definition) is 4. The number of carboxylic acid groups (broad SMARTS) is 1. The van der Waals surface area contributed by atoms with E-state index in [1.54, 1.807) is 12.1 Å². The largest absolute Gasteiger partial charge is 0.508 e. The van der Waals surface area contributed by atoms with Crippen molar-refractivity contribution in [3.05, 3.63) is 59.3 Å². The average Bonchev–Trinajstić information content (AvgIpc) is 2.53. The number of carboxylic acids is 1. The number of halogens is 1. The average molecular weight is 333 g/mol. The molecule has 6 nitrogen and oxygen atoms in total. The zero-order valence-electron chi connectivity index (χ0n) is 11.8. The van der Waals surface area contributed by atoms with Gasteiger partial charge in [0.1, 0.15) is 17.2 Å². The molecule has 0 aliphatic carbocycles. The molecule has 2 aromatic rings. The summed E-state index contributed by atoms with van der Waals surface area (Å²) in [5.74, 6) is -1.08. The van der Waals surface area contributed by atoms with Gasteiger partial charge in [0.25, 0.3) is 0 Å². The number of benzene rings is 2. The van der Waals surface area contributed by atoms with E-state index in [0.29, 0.717) is 11.4 Å². The maximum absolute atomic E-state index is 11.3. The molecule has 0 saturated carbocycles. The highest BCUT2D eigenvalue weighted by Crippen LogP contribution is 2.20. The zero-order chi connectivity index (χ0) is 16.8. The molecule has 118 valence electrons. The summed E-state index contributed by atoms with van der Waals surface area (Å²) in [7, 11) is 0. The van der Waals surface area contributed by atoms with Gasteiger partial charge in [-0.15, -0.1) is 0 Å². The van der Waals surface area contributed by atoms with Crippen molar-refractivity contribution in [1.82, 2.24) is 0 Å². The first-order valence-electron chi connectivity index (χ1n) is 6.48. The summed E-state index contributed by atoms with van der Waals surface area (Å²) < 4.78 is 0. The lowest BCUT2D eigenvalue weighted by Crippen LogP contribution is -2.12. The number of anilines is 1. The van der Waals surface area contributed by atoms with Gasteiger partial charge in [-0.05, 0) is 48.5 Å². The molecule has 0 spiro atoms. The first-order valence-corrected chi connectivity index (χ1v) is 6.86. The van der Waals surface area contributed by atoms with Gasteiger partial charge in [-0.2, -0.15) is 0 Å². The van der Waals surface area contributed by atoms with E-state index in [9.17, 15) is 20.1 Å². The number of phenolic OH excluding ortho intramolecular Hbond substituents is 2. The lowest BCUT2D eigenvalue weighted by Gasteiger charge is -2.08. The molecule has 4 N–H and O–H groups in total. The van der Waals surface area contributed by atoms with Crippen LogP contribution in [0.25, 0.3) is 0 Å². The van der Waals surface area contributed by atoms with Gasteiger partial charge in [0.05, 0.1) is 10.7 Å². The Morgan fingerprint density at radius 3 is 2.04 bits per heavy atom. The second-order valence-electron chi connectivity index (χ2n) is 4.47. The van der Waals surface area contributed by atoms with Crippen LogP contribution in [-0.2, 0) is 4.79 Å². The van der Waals surface area contributed by atoms with E-state index in [2.05, 4.69) is 10.3 Å². The summed E-state index contributed by atoms with van der Waals surface area (Å²) in [4.78, 5) is 15.4. The Morgan fingerprint density at radius 2 is 1.52 bits per heavy atom. The maximum Gasteiger partial charge on any atom is 0.353 e. The molecule has 0 radical (unpaired) electrons. The lowest BCUT2D eigenvalue weighted by molar-refractivity contribution is -0.132. The highest BCUT2D eigenvalue weighted by molar-refractivity contribution is 6.41. The van der Waals surface area contributed by atoms with Crippen LogP contribution in [0.3, 0.4) is 0 Å². The van der Waals surface area contributed by atoms with Crippen LogP contribution in [0, 0.1) is 0 Å². The third kappa shape index (κ3) is 4.76. The molecule has 23 heavy (non-hydrogen) atoms. The minimum atomic E-state index is -1.25. The fraction of sp³-hybridized carbons (Fsp3) is 0. The molecule has 7 heteroatoms. The second kappa shape index (κ2) is 7.33. The van der Waals surface area contributed by atoms with Gasteiger partial charge in [-0.25, -0.2) is 4.79 Å². The highest BCUT2D eigenvalue weighted by Gasteiger charge is 2.12. The Morgan fingerprint density at radius 1 is 1.00 bits per heavy atom. The molecule has 0 fully saturated rings. The van der Waals surface area contributed by atoms with E-state index in [0.717, 1.165) is 0 Å². The normalized spacial score (nSPS) is 12.0. The van der Waals surface area contributed by atoms with Crippen LogP contribution >= 0.6 is 11.6 Å². The van der Waals surface area contributed by atoms with Gasteiger partial charge in [0, 0.05) is 11.9 Å². The molecule has 0 aliphatic heterocycles.